The van der Waals surface area contributed by atoms with Crippen LogP contribution in [-0.4, -0.2) is 33.4 Å². The van der Waals surface area contributed by atoms with Crippen molar-refractivity contribution in [3.63, 3.8) is 0 Å². The van der Waals surface area contributed by atoms with E-state index in [9.17, 15) is 4.79 Å². The normalized spacial score (nSPS) is 28.1. The summed E-state index contributed by atoms with van der Waals surface area (Å²) in [6, 6.07) is 0. The van der Waals surface area contributed by atoms with Gasteiger partial charge in [-0.3, -0.25) is 0 Å². The molecule has 0 aromatic heterocycles. The van der Waals surface area contributed by atoms with Crippen LogP contribution in [-0.2, 0) is 14.0 Å². The summed E-state index contributed by atoms with van der Waals surface area (Å²) in [6.07, 6.45) is 1.63. The SMILES string of the molecule is CC(C)(C)[Si](C)(C)OC1(C=O)CCOC1. The van der Waals surface area contributed by atoms with Crippen LogP contribution in [0.2, 0.25) is 18.1 Å². The number of aldehydes is 1. The number of hydrogen-bond acceptors (Lipinski definition) is 3. The molecule has 0 aliphatic carbocycles. The van der Waals surface area contributed by atoms with E-state index in [0.29, 0.717) is 19.6 Å². The standard InChI is InChI=1S/C11H22O3Si/c1-10(2,3)15(4,5)14-11(8-12)6-7-13-9-11/h8H,6-7,9H2,1-5H3. The highest BCUT2D eigenvalue weighted by Gasteiger charge is 2.46. The Balaban J connectivity index is 2.79. The molecule has 3 nitrogen and oxygen atoms in total. The second-order valence-corrected chi connectivity index (χ2v) is 10.6. The van der Waals surface area contributed by atoms with E-state index in [0.717, 1.165) is 6.29 Å². The Kier molecular flexibility index (Phi) is 3.43. The van der Waals surface area contributed by atoms with E-state index in [-0.39, 0.29) is 5.04 Å². The molecule has 0 radical (unpaired) electrons. The molecular formula is C11H22O3Si. The molecular weight excluding hydrogens is 208 g/mol. The van der Waals surface area contributed by atoms with Gasteiger partial charge in [0.25, 0.3) is 0 Å². The molecule has 1 aliphatic heterocycles. The largest absolute Gasteiger partial charge is 0.402 e. The van der Waals surface area contributed by atoms with Crippen molar-refractivity contribution in [3.05, 3.63) is 0 Å². The Bertz CT molecular complexity index is 237. The maximum Gasteiger partial charge on any atom is 0.193 e. The lowest BCUT2D eigenvalue weighted by Crippen LogP contribution is -2.51. The molecule has 1 atom stereocenters. The summed E-state index contributed by atoms with van der Waals surface area (Å²) in [7, 11) is -1.87. The molecule has 0 bridgehead atoms. The van der Waals surface area contributed by atoms with Gasteiger partial charge < -0.3 is 14.0 Å². The van der Waals surface area contributed by atoms with Crippen LogP contribution in [0.5, 0.6) is 0 Å². The molecule has 0 N–H and O–H groups in total. The van der Waals surface area contributed by atoms with E-state index in [1.165, 1.54) is 0 Å². The fourth-order valence-corrected chi connectivity index (χ4v) is 2.95. The molecule has 1 heterocycles. The van der Waals surface area contributed by atoms with Crippen LogP contribution < -0.4 is 0 Å². The van der Waals surface area contributed by atoms with Crippen molar-refractivity contribution in [1.82, 2.24) is 0 Å². The first kappa shape index (κ1) is 12.9. The fraction of sp³-hybridized carbons (Fsp3) is 0.909. The molecule has 1 saturated heterocycles. The van der Waals surface area contributed by atoms with E-state index in [1.54, 1.807) is 0 Å². The predicted octanol–water partition coefficient (Wildman–Crippen LogP) is 2.37. The minimum atomic E-state index is -1.87. The Hall–Kier alpha value is -0.193. The van der Waals surface area contributed by atoms with E-state index >= 15 is 0 Å². The third-order valence-corrected chi connectivity index (χ3v) is 8.02. The van der Waals surface area contributed by atoms with E-state index in [4.69, 9.17) is 9.16 Å². The second-order valence-electron chi connectivity index (χ2n) is 5.85. The van der Waals surface area contributed by atoms with Gasteiger partial charge in [0, 0.05) is 13.0 Å². The number of rotatable bonds is 3. The van der Waals surface area contributed by atoms with Gasteiger partial charge in [-0.2, -0.15) is 0 Å². The Morgan fingerprint density at radius 3 is 2.33 bits per heavy atom. The summed E-state index contributed by atoms with van der Waals surface area (Å²) < 4.78 is 11.4. The molecule has 1 aliphatic rings. The van der Waals surface area contributed by atoms with Crippen molar-refractivity contribution in [1.29, 1.82) is 0 Å². The quantitative estimate of drug-likeness (QED) is 0.551. The maximum atomic E-state index is 11.2. The van der Waals surface area contributed by atoms with Gasteiger partial charge in [0.05, 0.1) is 6.61 Å². The molecule has 1 rings (SSSR count). The number of carbonyl (C=O) groups is 1. The molecule has 0 aromatic carbocycles. The molecule has 15 heavy (non-hydrogen) atoms. The third kappa shape index (κ3) is 2.68. The molecule has 1 fully saturated rings. The Morgan fingerprint density at radius 1 is 1.40 bits per heavy atom. The average molecular weight is 230 g/mol. The van der Waals surface area contributed by atoms with Crippen LogP contribution in [0, 0.1) is 0 Å². The smallest absolute Gasteiger partial charge is 0.193 e. The first-order valence-corrected chi connectivity index (χ1v) is 8.38. The van der Waals surface area contributed by atoms with Gasteiger partial charge in [-0.1, -0.05) is 20.8 Å². The van der Waals surface area contributed by atoms with Crippen LogP contribution in [0.1, 0.15) is 27.2 Å². The average Bonchev–Trinajstić information content (AvgIpc) is 2.51. The van der Waals surface area contributed by atoms with E-state index in [2.05, 4.69) is 33.9 Å². The van der Waals surface area contributed by atoms with Crippen LogP contribution in [0.4, 0.5) is 0 Å². The number of ether oxygens (including phenoxy) is 1. The van der Waals surface area contributed by atoms with Gasteiger partial charge >= 0.3 is 0 Å². The maximum absolute atomic E-state index is 11.2. The highest BCUT2D eigenvalue weighted by Crippen LogP contribution is 2.40. The Labute approximate surface area is 93.3 Å². The first-order chi connectivity index (χ1) is 6.72. The predicted molar refractivity (Wildman–Crippen MR) is 62.5 cm³/mol. The van der Waals surface area contributed by atoms with Crippen molar-refractivity contribution < 1.29 is 14.0 Å². The molecule has 0 amide bonds. The van der Waals surface area contributed by atoms with Gasteiger partial charge in [-0.05, 0) is 18.1 Å². The molecule has 0 aromatic rings. The number of hydrogen-bond donors (Lipinski definition) is 0. The van der Waals surface area contributed by atoms with Crippen molar-refractivity contribution in [2.45, 2.75) is 50.9 Å². The lowest BCUT2D eigenvalue weighted by molar-refractivity contribution is -0.122. The monoisotopic (exact) mass is 230 g/mol. The zero-order valence-electron chi connectivity index (χ0n) is 10.4. The second kappa shape index (κ2) is 4.00. The lowest BCUT2D eigenvalue weighted by Gasteiger charge is -2.41. The first-order valence-electron chi connectivity index (χ1n) is 5.47. The van der Waals surface area contributed by atoms with Gasteiger partial charge in [0.15, 0.2) is 14.6 Å². The zero-order chi connectivity index (χ0) is 11.7. The summed E-state index contributed by atoms with van der Waals surface area (Å²) in [5, 5.41) is 0.131. The third-order valence-electron chi connectivity index (χ3n) is 3.50. The summed E-state index contributed by atoms with van der Waals surface area (Å²) in [6.45, 7) is 11.9. The topological polar surface area (TPSA) is 35.5 Å². The van der Waals surface area contributed by atoms with Gasteiger partial charge in [0.2, 0.25) is 0 Å². The van der Waals surface area contributed by atoms with Crippen LogP contribution in [0.15, 0.2) is 0 Å². The highest BCUT2D eigenvalue weighted by molar-refractivity contribution is 6.74. The van der Waals surface area contributed by atoms with Crippen LogP contribution in [0.3, 0.4) is 0 Å². The van der Waals surface area contributed by atoms with E-state index < -0.39 is 13.9 Å². The van der Waals surface area contributed by atoms with E-state index in [1.807, 2.05) is 0 Å². The van der Waals surface area contributed by atoms with Crippen molar-refractivity contribution in [3.8, 4) is 0 Å². The summed E-state index contributed by atoms with van der Waals surface area (Å²) >= 11 is 0. The zero-order valence-corrected chi connectivity index (χ0v) is 11.4. The lowest BCUT2D eigenvalue weighted by atomic mass is 10.1. The van der Waals surface area contributed by atoms with Crippen molar-refractivity contribution in [2.75, 3.05) is 13.2 Å². The summed E-state index contributed by atoms with van der Waals surface area (Å²) in [4.78, 5) is 11.2. The molecule has 1 unspecified atom stereocenters. The van der Waals surface area contributed by atoms with Gasteiger partial charge in [-0.15, -0.1) is 0 Å². The van der Waals surface area contributed by atoms with Crippen molar-refractivity contribution in [2.24, 2.45) is 0 Å². The summed E-state index contributed by atoms with van der Waals surface area (Å²) in [5.41, 5.74) is -0.664. The fourth-order valence-electron chi connectivity index (χ4n) is 1.42. The number of carbonyl (C=O) groups excluding carboxylic acids is 1. The van der Waals surface area contributed by atoms with Gasteiger partial charge in [-0.25, -0.2) is 0 Å². The molecule has 0 saturated carbocycles. The van der Waals surface area contributed by atoms with Crippen LogP contribution >= 0.6 is 0 Å². The highest BCUT2D eigenvalue weighted by atomic mass is 28.4. The molecule has 88 valence electrons. The minimum Gasteiger partial charge on any atom is -0.402 e. The van der Waals surface area contributed by atoms with Crippen molar-refractivity contribution >= 4 is 14.6 Å². The van der Waals surface area contributed by atoms with Crippen LogP contribution in [0.25, 0.3) is 0 Å². The Morgan fingerprint density at radius 2 is 2.00 bits per heavy atom. The van der Waals surface area contributed by atoms with Gasteiger partial charge in [0.1, 0.15) is 5.60 Å². The molecule has 0 spiro atoms. The summed E-state index contributed by atoms with van der Waals surface area (Å²) in [5.74, 6) is 0. The molecule has 4 heteroatoms. The minimum absolute atomic E-state index is 0.131.